The van der Waals surface area contributed by atoms with Crippen LogP contribution in [-0.4, -0.2) is 63.1 Å². The molecule has 0 aliphatic carbocycles. The van der Waals surface area contributed by atoms with Crippen molar-refractivity contribution in [1.82, 2.24) is 15.6 Å². The molecule has 0 spiro atoms. The van der Waals surface area contributed by atoms with Crippen molar-refractivity contribution >= 4 is 40.4 Å². The molecule has 0 unspecified atom stereocenters. The highest BCUT2D eigenvalue weighted by Crippen LogP contribution is 2.19. The smallest absolute Gasteiger partial charge is 0.326 e. The van der Waals surface area contributed by atoms with Crippen LogP contribution in [0.25, 0.3) is 10.9 Å². The fraction of sp³-hybridized carbons (Fsp3) is 0.320. The molecule has 0 aliphatic rings. The van der Waals surface area contributed by atoms with Crippen LogP contribution in [0.1, 0.15) is 17.5 Å². The number of thioether (sulfide) groups is 1. The number of aromatic nitrogens is 1. The summed E-state index contributed by atoms with van der Waals surface area (Å²) in [5, 5.41) is 25.2. The van der Waals surface area contributed by atoms with Crippen LogP contribution in [0.3, 0.4) is 0 Å². The van der Waals surface area contributed by atoms with Gasteiger partial charge in [-0.3, -0.25) is 9.59 Å². The van der Waals surface area contributed by atoms with Crippen LogP contribution in [-0.2, 0) is 27.2 Å². The molecule has 7 N–H and O–H groups in total. The molecule has 3 atom stereocenters. The third kappa shape index (κ3) is 7.24. The molecule has 3 aromatic rings. The normalized spacial score (nSPS) is 13.7. The van der Waals surface area contributed by atoms with Crippen LogP contribution in [0.2, 0.25) is 0 Å². The van der Waals surface area contributed by atoms with Crippen molar-refractivity contribution in [2.45, 2.75) is 37.4 Å². The number of nitrogens with one attached hydrogen (secondary N) is 3. The largest absolute Gasteiger partial charge is 0.508 e. The van der Waals surface area contributed by atoms with Gasteiger partial charge in [0.1, 0.15) is 17.8 Å². The Bertz CT molecular complexity index is 1160. The highest BCUT2D eigenvalue weighted by Gasteiger charge is 2.28. The van der Waals surface area contributed by atoms with Crippen molar-refractivity contribution in [3.05, 3.63) is 65.9 Å². The number of aliphatic carboxylic acids is 1. The monoisotopic (exact) mass is 498 g/mol. The lowest BCUT2D eigenvalue weighted by Gasteiger charge is -2.23. The number of fused-ring (bicyclic) bond motifs is 1. The summed E-state index contributed by atoms with van der Waals surface area (Å²) in [6.07, 6.45) is 4.27. The summed E-state index contributed by atoms with van der Waals surface area (Å²) in [5.41, 5.74) is 8.69. The van der Waals surface area contributed by atoms with Crippen molar-refractivity contribution in [3.8, 4) is 5.75 Å². The molecule has 35 heavy (non-hydrogen) atoms. The van der Waals surface area contributed by atoms with Crippen molar-refractivity contribution in [2.75, 3.05) is 12.0 Å². The number of hydrogen-bond donors (Lipinski definition) is 6. The van der Waals surface area contributed by atoms with E-state index in [1.54, 1.807) is 12.1 Å². The number of rotatable bonds is 12. The van der Waals surface area contributed by atoms with E-state index in [9.17, 15) is 24.6 Å². The van der Waals surface area contributed by atoms with E-state index in [4.69, 9.17) is 5.73 Å². The van der Waals surface area contributed by atoms with E-state index in [0.29, 0.717) is 11.3 Å². The number of phenols is 1. The standard InChI is InChI=1S/C25H30N4O5S/c1-35-11-10-21(25(33)34)28-24(32)22(12-15-6-8-17(30)9-7-15)29-23(31)19(26)13-16-14-27-20-5-3-2-4-18(16)20/h2-9,14,19,21-22,27,30H,10-13,26H2,1H3,(H,28,32)(H,29,31)(H,33,34)/t19-,21-,22-/m0/s1. The highest BCUT2D eigenvalue weighted by molar-refractivity contribution is 7.98. The van der Waals surface area contributed by atoms with Crippen LogP contribution in [0, 0.1) is 0 Å². The number of aromatic hydroxyl groups is 1. The Hall–Kier alpha value is -3.50. The first-order valence-electron chi connectivity index (χ1n) is 11.2. The van der Waals surface area contributed by atoms with Gasteiger partial charge in [0.2, 0.25) is 11.8 Å². The molecule has 186 valence electrons. The SMILES string of the molecule is CSCC[C@H](NC(=O)[C@H](Cc1ccc(O)cc1)NC(=O)[C@@H](N)Cc1c[nH]c2ccccc12)C(=O)O. The van der Waals surface area contributed by atoms with Gasteiger partial charge in [-0.15, -0.1) is 0 Å². The van der Waals surface area contributed by atoms with Gasteiger partial charge in [0, 0.05) is 23.5 Å². The first kappa shape index (κ1) is 26.1. The number of carboxylic acid groups (broad SMARTS) is 1. The van der Waals surface area contributed by atoms with Gasteiger partial charge in [-0.2, -0.15) is 11.8 Å². The van der Waals surface area contributed by atoms with Gasteiger partial charge in [0.15, 0.2) is 0 Å². The average molecular weight is 499 g/mol. The van der Waals surface area contributed by atoms with E-state index in [1.165, 1.54) is 23.9 Å². The minimum atomic E-state index is -1.14. The second-order valence-electron chi connectivity index (χ2n) is 8.28. The predicted molar refractivity (Wildman–Crippen MR) is 136 cm³/mol. The summed E-state index contributed by atoms with van der Waals surface area (Å²) >= 11 is 1.48. The van der Waals surface area contributed by atoms with Gasteiger partial charge >= 0.3 is 5.97 Å². The number of carbonyl (C=O) groups is 3. The van der Waals surface area contributed by atoms with Crippen LogP contribution in [0.5, 0.6) is 5.75 Å². The maximum Gasteiger partial charge on any atom is 0.326 e. The van der Waals surface area contributed by atoms with Crippen LogP contribution < -0.4 is 16.4 Å². The third-order valence-corrected chi connectivity index (χ3v) is 6.33. The Balaban J connectivity index is 1.74. The molecule has 10 heteroatoms. The summed E-state index contributed by atoms with van der Waals surface area (Å²) in [4.78, 5) is 40.8. The van der Waals surface area contributed by atoms with Gasteiger partial charge in [0.05, 0.1) is 6.04 Å². The molecular formula is C25H30N4O5S. The van der Waals surface area contributed by atoms with Gasteiger partial charge in [0.25, 0.3) is 0 Å². The van der Waals surface area contributed by atoms with Crippen molar-refractivity contribution in [1.29, 1.82) is 0 Å². The van der Waals surface area contributed by atoms with Gasteiger partial charge in [-0.25, -0.2) is 4.79 Å². The molecule has 0 saturated heterocycles. The number of nitrogens with two attached hydrogens (primary N) is 1. The molecule has 3 rings (SSSR count). The number of para-hydroxylation sites is 1. The molecule has 0 fully saturated rings. The number of carboxylic acids is 1. The number of H-pyrrole nitrogens is 1. The van der Waals surface area contributed by atoms with E-state index in [1.807, 2.05) is 36.7 Å². The lowest BCUT2D eigenvalue weighted by atomic mass is 10.0. The van der Waals surface area contributed by atoms with Crippen molar-refractivity contribution in [2.24, 2.45) is 5.73 Å². The van der Waals surface area contributed by atoms with Gasteiger partial charge in [-0.05, 0) is 54.2 Å². The minimum absolute atomic E-state index is 0.0718. The van der Waals surface area contributed by atoms with Gasteiger partial charge in [-0.1, -0.05) is 30.3 Å². The zero-order chi connectivity index (χ0) is 25.4. The lowest BCUT2D eigenvalue weighted by molar-refractivity contribution is -0.142. The number of phenolic OH excluding ortho intramolecular Hbond substituents is 1. The van der Waals surface area contributed by atoms with Crippen LogP contribution >= 0.6 is 11.8 Å². The fourth-order valence-electron chi connectivity index (χ4n) is 3.75. The topological polar surface area (TPSA) is 158 Å². The summed E-state index contributed by atoms with van der Waals surface area (Å²) < 4.78 is 0. The van der Waals surface area contributed by atoms with Crippen LogP contribution in [0.4, 0.5) is 0 Å². The Morgan fingerprint density at radius 3 is 2.37 bits per heavy atom. The fourth-order valence-corrected chi connectivity index (χ4v) is 4.22. The summed E-state index contributed by atoms with van der Waals surface area (Å²) in [5.74, 6) is -1.65. The molecule has 2 amide bonds. The summed E-state index contributed by atoms with van der Waals surface area (Å²) in [6.45, 7) is 0. The zero-order valence-corrected chi connectivity index (χ0v) is 20.2. The molecule has 0 radical (unpaired) electrons. The number of benzene rings is 2. The minimum Gasteiger partial charge on any atom is -0.508 e. The molecule has 2 aromatic carbocycles. The van der Waals surface area contributed by atoms with Crippen LogP contribution in [0.15, 0.2) is 54.7 Å². The maximum absolute atomic E-state index is 13.1. The van der Waals surface area contributed by atoms with E-state index in [2.05, 4.69) is 15.6 Å². The first-order chi connectivity index (χ1) is 16.8. The first-order valence-corrected chi connectivity index (χ1v) is 12.6. The Kier molecular flexibility index (Phi) is 9.16. The molecule has 1 heterocycles. The number of carbonyl (C=O) groups excluding carboxylic acids is 2. The Morgan fingerprint density at radius 2 is 1.69 bits per heavy atom. The molecule has 0 bridgehead atoms. The average Bonchev–Trinajstić information content (AvgIpc) is 3.25. The number of hydrogen-bond acceptors (Lipinski definition) is 6. The van der Waals surface area contributed by atoms with E-state index >= 15 is 0 Å². The predicted octanol–water partition coefficient (Wildman–Crippen LogP) is 1.79. The van der Waals surface area contributed by atoms with E-state index < -0.39 is 35.9 Å². The molecule has 1 aromatic heterocycles. The second kappa shape index (κ2) is 12.3. The summed E-state index contributed by atoms with van der Waals surface area (Å²) in [6, 6.07) is 10.9. The maximum atomic E-state index is 13.1. The lowest BCUT2D eigenvalue weighted by Crippen LogP contribution is -2.55. The number of aromatic amines is 1. The second-order valence-corrected chi connectivity index (χ2v) is 9.27. The Morgan fingerprint density at radius 1 is 1.00 bits per heavy atom. The highest BCUT2D eigenvalue weighted by atomic mass is 32.2. The Labute approximate surface area is 207 Å². The molecule has 9 nitrogen and oxygen atoms in total. The summed E-state index contributed by atoms with van der Waals surface area (Å²) in [7, 11) is 0. The molecule has 0 saturated carbocycles. The molecule has 0 aliphatic heterocycles. The zero-order valence-electron chi connectivity index (χ0n) is 19.4. The number of amides is 2. The van der Waals surface area contributed by atoms with Crippen molar-refractivity contribution < 1.29 is 24.6 Å². The molecular weight excluding hydrogens is 468 g/mol. The van der Waals surface area contributed by atoms with E-state index in [0.717, 1.165) is 16.5 Å². The van der Waals surface area contributed by atoms with Crippen molar-refractivity contribution in [3.63, 3.8) is 0 Å². The van der Waals surface area contributed by atoms with Gasteiger partial charge < -0.3 is 31.6 Å². The third-order valence-electron chi connectivity index (χ3n) is 5.69. The quantitative estimate of drug-likeness (QED) is 0.222. The van der Waals surface area contributed by atoms with E-state index in [-0.39, 0.29) is 25.0 Å².